The maximum atomic E-state index is 11.2. The standard InChI is InChI=1S/C13H12N2O3/c14-12-5-10(13(17)18)11(6-15-12)9-3-1-2-8(4-9)7-16/h1-6,16H,7H2,(H2,14,15)(H,17,18). The van der Waals surface area contributed by atoms with E-state index in [0.717, 1.165) is 0 Å². The minimum Gasteiger partial charge on any atom is -0.478 e. The van der Waals surface area contributed by atoms with Crippen LogP contribution in [-0.4, -0.2) is 21.2 Å². The smallest absolute Gasteiger partial charge is 0.336 e. The van der Waals surface area contributed by atoms with Gasteiger partial charge in [0.15, 0.2) is 0 Å². The van der Waals surface area contributed by atoms with Gasteiger partial charge in [0.2, 0.25) is 0 Å². The van der Waals surface area contributed by atoms with Crippen molar-refractivity contribution in [1.82, 2.24) is 4.98 Å². The number of nitrogen functional groups attached to an aromatic ring is 1. The third-order valence-electron chi connectivity index (χ3n) is 2.58. The number of aromatic carboxylic acids is 1. The molecule has 1 aromatic carbocycles. The molecule has 0 aliphatic carbocycles. The van der Waals surface area contributed by atoms with E-state index in [1.807, 2.05) is 0 Å². The quantitative estimate of drug-likeness (QED) is 0.760. The molecule has 1 heterocycles. The molecule has 0 radical (unpaired) electrons. The lowest BCUT2D eigenvalue weighted by molar-refractivity contribution is 0.0697. The van der Waals surface area contributed by atoms with Gasteiger partial charge in [-0.1, -0.05) is 18.2 Å². The first-order chi connectivity index (χ1) is 8.61. The Labute approximate surface area is 104 Å². The van der Waals surface area contributed by atoms with Crippen LogP contribution < -0.4 is 5.73 Å². The van der Waals surface area contributed by atoms with Crippen molar-refractivity contribution in [3.8, 4) is 11.1 Å². The van der Waals surface area contributed by atoms with Crippen molar-refractivity contribution in [1.29, 1.82) is 0 Å². The average molecular weight is 244 g/mol. The second-order valence-electron chi connectivity index (χ2n) is 3.82. The topological polar surface area (TPSA) is 96.4 Å². The molecule has 18 heavy (non-hydrogen) atoms. The minimum atomic E-state index is -1.06. The van der Waals surface area contributed by atoms with Gasteiger partial charge in [0.05, 0.1) is 12.2 Å². The van der Waals surface area contributed by atoms with Crippen molar-refractivity contribution in [3.05, 3.63) is 47.7 Å². The number of carbonyl (C=O) groups is 1. The van der Waals surface area contributed by atoms with E-state index in [9.17, 15) is 4.79 Å². The number of aliphatic hydroxyl groups is 1. The Hall–Kier alpha value is -2.40. The molecule has 5 heteroatoms. The van der Waals surface area contributed by atoms with Crippen molar-refractivity contribution in [2.75, 3.05) is 5.73 Å². The predicted octanol–water partition coefficient (Wildman–Crippen LogP) is 1.52. The molecule has 1 aromatic heterocycles. The summed E-state index contributed by atoms with van der Waals surface area (Å²) in [6.07, 6.45) is 1.43. The van der Waals surface area contributed by atoms with Gasteiger partial charge in [-0.25, -0.2) is 9.78 Å². The number of aliphatic hydroxyl groups excluding tert-OH is 1. The van der Waals surface area contributed by atoms with E-state index in [1.54, 1.807) is 24.3 Å². The Bertz CT molecular complexity index is 597. The molecule has 0 fully saturated rings. The summed E-state index contributed by atoms with van der Waals surface area (Å²) < 4.78 is 0. The average Bonchev–Trinajstić information content (AvgIpc) is 2.38. The van der Waals surface area contributed by atoms with Crippen LogP contribution in [0.1, 0.15) is 15.9 Å². The number of aromatic nitrogens is 1. The summed E-state index contributed by atoms with van der Waals surface area (Å²) in [4.78, 5) is 15.1. The zero-order valence-electron chi connectivity index (χ0n) is 9.50. The normalized spacial score (nSPS) is 10.3. The van der Waals surface area contributed by atoms with Crippen LogP contribution in [0.4, 0.5) is 5.82 Å². The number of carboxylic acids is 1. The SMILES string of the molecule is Nc1cc(C(=O)O)c(-c2cccc(CO)c2)cn1. The summed E-state index contributed by atoms with van der Waals surface area (Å²) in [5.41, 5.74) is 7.45. The van der Waals surface area contributed by atoms with Crippen molar-refractivity contribution in [3.63, 3.8) is 0 Å². The highest BCUT2D eigenvalue weighted by molar-refractivity contribution is 5.96. The van der Waals surface area contributed by atoms with Crippen molar-refractivity contribution in [2.24, 2.45) is 0 Å². The molecule has 92 valence electrons. The number of hydrogen-bond acceptors (Lipinski definition) is 4. The van der Waals surface area contributed by atoms with E-state index in [2.05, 4.69) is 4.98 Å². The molecule has 0 aliphatic rings. The molecule has 0 bridgehead atoms. The maximum absolute atomic E-state index is 11.2. The molecule has 0 atom stereocenters. The molecule has 0 amide bonds. The Balaban J connectivity index is 2.59. The van der Waals surface area contributed by atoms with Gasteiger partial charge in [-0.15, -0.1) is 0 Å². The fourth-order valence-corrected chi connectivity index (χ4v) is 1.72. The van der Waals surface area contributed by atoms with E-state index in [-0.39, 0.29) is 18.0 Å². The van der Waals surface area contributed by atoms with Gasteiger partial charge >= 0.3 is 5.97 Å². The van der Waals surface area contributed by atoms with Crippen molar-refractivity contribution < 1.29 is 15.0 Å². The molecule has 0 unspecified atom stereocenters. The summed E-state index contributed by atoms with van der Waals surface area (Å²) in [5, 5.41) is 18.2. The van der Waals surface area contributed by atoms with Crippen LogP contribution in [0, 0.1) is 0 Å². The van der Waals surface area contributed by atoms with Crippen LogP contribution in [0.5, 0.6) is 0 Å². The second kappa shape index (κ2) is 4.85. The molecule has 2 rings (SSSR count). The molecule has 5 nitrogen and oxygen atoms in total. The zero-order valence-corrected chi connectivity index (χ0v) is 9.50. The molecular weight excluding hydrogens is 232 g/mol. The number of pyridine rings is 1. The fraction of sp³-hybridized carbons (Fsp3) is 0.0769. The van der Waals surface area contributed by atoms with Crippen LogP contribution in [0.25, 0.3) is 11.1 Å². The van der Waals surface area contributed by atoms with Gasteiger partial charge in [0.1, 0.15) is 5.82 Å². The number of nitrogens with zero attached hydrogens (tertiary/aromatic N) is 1. The molecular formula is C13H12N2O3. The third-order valence-corrected chi connectivity index (χ3v) is 2.58. The lowest BCUT2D eigenvalue weighted by atomic mass is 10.00. The van der Waals surface area contributed by atoms with Gasteiger partial charge in [-0.3, -0.25) is 0 Å². The summed E-state index contributed by atoms with van der Waals surface area (Å²) in [6, 6.07) is 8.32. The minimum absolute atomic E-state index is 0.0950. The molecule has 0 saturated heterocycles. The van der Waals surface area contributed by atoms with Gasteiger partial charge in [0.25, 0.3) is 0 Å². The van der Waals surface area contributed by atoms with Crippen LogP contribution in [0.3, 0.4) is 0 Å². The molecule has 0 saturated carbocycles. The molecule has 2 aromatic rings. The first kappa shape index (κ1) is 12.1. The van der Waals surface area contributed by atoms with E-state index >= 15 is 0 Å². The Morgan fingerprint density at radius 3 is 2.78 bits per heavy atom. The Morgan fingerprint density at radius 2 is 2.11 bits per heavy atom. The first-order valence-electron chi connectivity index (χ1n) is 5.31. The fourth-order valence-electron chi connectivity index (χ4n) is 1.72. The summed E-state index contributed by atoms with van der Waals surface area (Å²) in [7, 11) is 0. The number of benzene rings is 1. The summed E-state index contributed by atoms with van der Waals surface area (Å²) >= 11 is 0. The maximum Gasteiger partial charge on any atom is 0.336 e. The number of carboxylic acid groups (broad SMARTS) is 1. The summed E-state index contributed by atoms with van der Waals surface area (Å²) in [6.45, 7) is -0.0986. The van der Waals surface area contributed by atoms with E-state index < -0.39 is 5.97 Å². The van der Waals surface area contributed by atoms with E-state index in [4.69, 9.17) is 15.9 Å². The van der Waals surface area contributed by atoms with Crippen molar-refractivity contribution >= 4 is 11.8 Å². The van der Waals surface area contributed by atoms with E-state index in [0.29, 0.717) is 16.7 Å². The highest BCUT2D eigenvalue weighted by Crippen LogP contribution is 2.25. The number of rotatable bonds is 3. The molecule has 0 spiro atoms. The Morgan fingerprint density at radius 1 is 1.33 bits per heavy atom. The predicted molar refractivity (Wildman–Crippen MR) is 67.0 cm³/mol. The molecule has 4 N–H and O–H groups in total. The Kier molecular flexibility index (Phi) is 3.25. The third kappa shape index (κ3) is 2.31. The highest BCUT2D eigenvalue weighted by atomic mass is 16.4. The van der Waals surface area contributed by atoms with Crippen LogP contribution in [0.2, 0.25) is 0 Å². The van der Waals surface area contributed by atoms with Gasteiger partial charge in [-0.05, 0) is 23.3 Å². The van der Waals surface area contributed by atoms with E-state index in [1.165, 1.54) is 12.3 Å². The van der Waals surface area contributed by atoms with Gasteiger partial charge in [-0.2, -0.15) is 0 Å². The summed E-state index contributed by atoms with van der Waals surface area (Å²) in [5.74, 6) is -0.900. The monoisotopic (exact) mass is 244 g/mol. The second-order valence-corrected chi connectivity index (χ2v) is 3.82. The lowest BCUT2D eigenvalue weighted by Gasteiger charge is -2.07. The largest absolute Gasteiger partial charge is 0.478 e. The zero-order chi connectivity index (χ0) is 13.1. The van der Waals surface area contributed by atoms with Gasteiger partial charge in [0, 0.05) is 11.8 Å². The number of hydrogen-bond donors (Lipinski definition) is 3. The van der Waals surface area contributed by atoms with Crippen LogP contribution in [0.15, 0.2) is 36.5 Å². The number of anilines is 1. The first-order valence-corrected chi connectivity index (χ1v) is 5.31. The number of nitrogens with two attached hydrogens (primary N) is 1. The van der Waals surface area contributed by atoms with Gasteiger partial charge < -0.3 is 15.9 Å². The molecule has 0 aliphatic heterocycles. The van der Waals surface area contributed by atoms with Crippen LogP contribution in [-0.2, 0) is 6.61 Å². The highest BCUT2D eigenvalue weighted by Gasteiger charge is 2.13. The van der Waals surface area contributed by atoms with Crippen LogP contribution >= 0.6 is 0 Å². The lowest BCUT2D eigenvalue weighted by Crippen LogP contribution is -2.03. The van der Waals surface area contributed by atoms with Crippen molar-refractivity contribution in [2.45, 2.75) is 6.61 Å².